The SMILES string of the molecule is Cc1ccc2c(c1)C1(NC(=O)NC1=O)C(=O)N2CCOc1ccccc1. The fourth-order valence-electron chi connectivity index (χ4n) is 3.40. The van der Waals surface area contributed by atoms with Crippen LogP contribution in [0.4, 0.5) is 10.5 Å². The van der Waals surface area contributed by atoms with Crippen LogP contribution in [-0.2, 0) is 15.1 Å². The maximum Gasteiger partial charge on any atom is 0.323 e. The molecule has 0 radical (unpaired) electrons. The molecule has 1 fully saturated rings. The van der Waals surface area contributed by atoms with Gasteiger partial charge in [-0.05, 0) is 25.1 Å². The second kappa shape index (κ2) is 5.87. The number of aryl methyl sites for hydroxylation is 1. The molecule has 0 aliphatic carbocycles. The number of hydrogen-bond donors (Lipinski definition) is 2. The molecule has 1 atom stereocenters. The number of benzene rings is 2. The van der Waals surface area contributed by atoms with Crippen LogP contribution < -0.4 is 20.3 Å². The lowest BCUT2D eigenvalue weighted by Gasteiger charge is -2.21. The van der Waals surface area contributed by atoms with E-state index in [-0.39, 0.29) is 13.2 Å². The van der Waals surface area contributed by atoms with Crippen LogP contribution in [0.25, 0.3) is 0 Å². The minimum atomic E-state index is -1.69. The number of nitrogens with one attached hydrogen (secondary N) is 2. The molecule has 7 nitrogen and oxygen atoms in total. The van der Waals surface area contributed by atoms with Gasteiger partial charge in [-0.2, -0.15) is 0 Å². The van der Waals surface area contributed by atoms with Crippen molar-refractivity contribution in [2.45, 2.75) is 12.5 Å². The molecule has 0 saturated carbocycles. The minimum Gasteiger partial charge on any atom is -0.492 e. The fourth-order valence-corrected chi connectivity index (χ4v) is 3.40. The van der Waals surface area contributed by atoms with Gasteiger partial charge < -0.3 is 15.0 Å². The van der Waals surface area contributed by atoms with Crippen LogP contribution in [-0.4, -0.2) is 31.0 Å². The second-order valence-corrected chi connectivity index (χ2v) is 6.30. The van der Waals surface area contributed by atoms with Crippen LogP contribution in [0, 0.1) is 6.92 Å². The summed E-state index contributed by atoms with van der Waals surface area (Å²) in [7, 11) is 0. The van der Waals surface area contributed by atoms with Gasteiger partial charge in [0.2, 0.25) is 5.54 Å². The number of carbonyl (C=O) groups is 3. The van der Waals surface area contributed by atoms with E-state index in [0.29, 0.717) is 17.0 Å². The summed E-state index contributed by atoms with van der Waals surface area (Å²) < 4.78 is 5.67. The Morgan fingerprint density at radius 1 is 1.08 bits per heavy atom. The number of rotatable bonds is 4. The molecule has 4 rings (SSSR count). The molecule has 4 amide bonds. The van der Waals surface area contributed by atoms with Gasteiger partial charge in [0, 0.05) is 5.56 Å². The van der Waals surface area contributed by atoms with Gasteiger partial charge in [-0.15, -0.1) is 0 Å². The number of urea groups is 1. The maximum atomic E-state index is 13.1. The molecule has 2 N–H and O–H groups in total. The number of amides is 4. The van der Waals surface area contributed by atoms with Gasteiger partial charge in [0.25, 0.3) is 11.8 Å². The van der Waals surface area contributed by atoms with Gasteiger partial charge in [0.05, 0.1) is 12.2 Å². The minimum absolute atomic E-state index is 0.259. The Kier molecular flexibility index (Phi) is 3.64. The Labute approximate surface area is 149 Å². The highest BCUT2D eigenvalue weighted by atomic mass is 16.5. The van der Waals surface area contributed by atoms with E-state index < -0.39 is 23.4 Å². The highest BCUT2D eigenvalue weighted by Gasteiger charge is 2.61. The number of nitrogens with zero attached hydrogens (tertiary/aromatic N) is 1. The first kappa shape index (κ1) is 16.1. The fraction of sp³-hybridized carbons (Fsp3) is 0.211. The van der Waals surface area contributed by atoms with E-state index in [1.165, 1.54) is 4.90 Å². The first-order valence-corrected chi connectivity index (χ1v) is 8.27. The molecule has 0 bridgehead atoms. The van der Waals surface area contributed by atoms with Gasteiger partial charge >= 0.3 is 6.03 Å². The maximum absolute atomic E-state index is 13.1. The van der Waals surface area contributed by atoms with Gasteiger partial charge in [-0.3, -0.25) is 14.9 Å². The zero-order chi connectivity index (χ0) is 18.3. The molecule has 2 aliphatic heterocycles. The Morgan fingerprint density at radius 2 is 1.85 bits per heavy atom. The van der Waals surface area contributed by atoms with Crippen molar-refractivity contribution >= 4 is 23.5 Å². The lowest BCUT2D eigenvalue weighted by Crippen LogP contribution is -2.52. The van der Waals surface area contributed by atoms with Gasteiger partial charge in [0.15, 0.2) is 0 Å². The van der Waals surface area contributed by atoms with Crippen LogP contribution in [0.15, 0.2) is 48.5 Å². The Hall–Kier alpha value is -3.35. The number of carbonyl (C=O) groups excluding carboxylic acids is 3. The van der Waals surface area contributed by atoms with Gasteiger partial charge in [0.1, 0.15) is 12.4 Å². The molecule has 7 heteroatoms. The van der Waals surface area contributed by atoms with Crippen LogP contribution in [0.1, 0.15) is 11.1 Å². The molecule has 2 aromatic carbocycles. The number of fused-ring (bicyclic) bond motifs is 2. The third-order valence-electron chi connectivity index (χ3n) is 4.61. The van der Waals surface area contributed by atoms with Crippen molar-refractivity contribution in [3.8, 4) is 5.75 Å². The molecule has 1 unspecified atom stereocenters. The van der Waals surface area contributed by atoms with Crippen LogP contribution in [0.2, 0.25) is 0 Å². The average molecular weight is 351 g/mol. The van der Waals surface area contributed by atoms with Crippen LogP contribution in [0.5, 0.6) is 5.75 Å². The molecule has 132 valence electrons. The second-order valence-electron chi connectivity index (χ2n) is 6.30. The lowest BCUT2D eigenvalue weighted by molar-refractivity contribution is -0.134. The van der Waals surface area contributed by atoms with Gasteiger partial charge in [-0.1, -0.05) is 35.9 Å². The largest absolute Gasteiger partial charge is 0.492 e. The Morgan fingerprint density at radius 3 is 2.54 bits per heavy atom. The summed E-state index contributed by atoms with van der Waals surface area (Å²) in [5.74, 6) is -0.422. The summed E-state index contributed by atoms with van der Waals surface area (Å²) in [5.41, 5.74) is 0.304. The third kappa shape index (κ3) is 2.32. The predicted octanol–water partition coefficient (Wildman–Crippen LogP) is 1.46. The Balaban J connectivity index is 1.64. The number of hydrogen-bond acceptors (Lipinski definition) is 4. The summed E-state index contributed by atoms with van der Waals surface area (Å²) in [6.45, 7) is 2.39. The topological polar surface area (TPSA) is 87.7 Å². The van der Waals surface area contributed by atoms with E-state index in [1.807, 2.05) is 43.3 Å². The molecule has 1 spiro atoms. The van der Waals surface area contributed by atoms with Crippen molar-refractivity contribution in [3.05, 3.63) is 59.7 Å². The number of ether oxygens (including phenoxy) is 1. The molecule has 2 aliphatic rings. The van der Waals surface area contributed by atoms with Crippen molar-refractivity contribution in [1.82, 2.24) is 10.6 Å². The van der Waals surface area contributed by atoms with Crippen molar-refractivity contribution in [1.29, 1.82) is 0 Å². The number of imide groups is 1. The van der Waals surface area contributed by atoms with E-state index in [9.17, 15) is 14.4 Å². The van der Waals surface area contributed by atoms with E-state index in [2.05, 4.69) is 10.6 Å². The van der Waals surface area contributed by atoms with E-state index in [1.54, 1.807) is 12.1 Å². The van der Waals surface area contributed by atoms with Crippen LogP contribution >= 0.6 is 0 Å². The number of anilines is 1. The first-order chi connectivity index (χ1) is 12.5. The van der Waals surface area contributed by atoms with E-state index in [0.717, 1.165) is 5.56 Å². The molecule has 1 saturated heterocycles. The summed E-state index contributed by atoms with van der Waals surface area (Å²) in [6, 6.07) is 14.0. The zero-order valence-electron chi connectivity index (χ0n) is 14.1. The zero-order valence-corrected chi connectivity index (χ0v) is 14.1. The van der Waals surface area contributed by atoms with Gasteiger partial charge in [-0.25, -0.2) is 4.79 Å². The quantitative estimate of drug-likeness (QED) is 0.645. The van der Waals surface area contributed by atoms with Crippen LogP contribution in [0.3, 0.4) is 0 Å². The summed E-state index contributed by atoms with van der Waals surface area (Å²) in [6.07, 6.45) is 0. The first-order valence-electron chi connectivity index (χ1n) is 8.27. The smallest absolute Gasteiger partial charge is 0.323 e. The van der Waals surface area contributed by atoms with E-state index in [4.69, 9.17) is 4.74 Å². The summed E-state index contributed by atoms with van der Waals surface area (Å²) in [5, 5.41) is 4.69. The van der Waals surface area contributed by atoms with Crippen molar-refractivity contribution < 1.29 is 19.1 Å². The molecule has 2 heterocycles. The molecule has 0 aromatic heterocycles. The number of para-hydroxylation sites is 1. The average Bonchev–Trinajstić information content (AvgIpc) is 3.05. The third-order valence-corrected chi connectivity index (χ3v) is 4.61. The van der Waals surface area contributed by atoms with Crippen molar-refractivity contribution in [2.75, 3.05) is 18.1 Å². The molecular formula is C19H17N3O4. The lowest BCUT2D eigenvalue weighted by atomic mass is 9.90. The molecule has 2 aromatic rings. The van der Waals surface area contributed by atoms with Crippen molar-refractivity contribution in [3.63, 3.8) is 0 Å². The summed E-state index contributed by atoms with van der Waals surface area (Å²) in [4.78, 5) is 38.8. The highest BCUT2D eigenvalue weighted by Crippen LogP contribution is 2.42. The Bertz CT molecular complexity index is 912. The monoisotopic (exact) mass is 351 g/mol. The molecule has 26 heavy (non-hydrogen) atoms. The van der Waals surface area contributed by atoms with Crippen molar-refractivity contribution in [2.24, 2.45) is 0 Å². The summed E-state index contributed by atoms with van der Waals surface area (Å²) >= 11 is 0. The molecular weight excluding hydrogens is 334 g/mol. The highest BCUT2D eigenvalue weighted by molar-refractivity contribution is 6.27. The predicted molar refractivity (Wildman–Crippen MR) is 93.8 cm³/mol. The normalized spacial score (nSPS) is 21.0. The van der Waals surface area contributed by atoms with E-state index >= 15 is 0 Å². The standard InChI is InChI=1S/C19H17N3O4/c1-12-7-8-15-14(11-12)19(16(23)20-18(25)21-19)17(24)22(15)9-10-26-13-5-3-2-4-6-13/h2-8,11H,9-10H2,1H3,(H2,20,21,23,25).